The molecule has 0 fully saturated rings. The van der Waals surface area contributed by atoms with Crippen LogP contribution in [0.4, 0.5) is 0 Å². The Morgan fingerprint density at radius 2 is 1.90 bits per heavy atom. The van der Waals surface area contributed by atoms with E-state index in [1.807, 2.05) is 24.3 Å². The van der Waals surface area contributed by atoms with Gasteiger partial charge in [0.25, 0.3) is 0 Å². The lowest BCUT2D eigenvalue weighted by molar-refractivity contribution is -0.148. The number of allylic oxidation sites excluding steroid dienone is 2. The van der Waals surface area contributed by atoms with Crippen molar-refractivity contribution >= 4 is 5.97 Å². The number of rotatable bonds is 7. The van der Waals surface area contributed by atoms with E-state index in [1.54, 1.807) is 6.92 Å². The number of aliphatic hydroxyl groups excluding tert-OH is 2. The summed E-state index contributed by atoms with van der Waals surface area (Å²) in [6.07, 6.45) is 2.01. The summed E-state index contributed by atoms with van der Waals surface area (Å²) >= 11 is 0. The van der Waals surface area contributed by atoms with E-state index in [0.717, 1.165) is 12.0 Å². The highest BCUT2D eigenvalue weighted by molar-refractivity contribution is 5.77. The molecule has 2 atom stereocenters. The van der Waals surface area contributed by atoms with Crippen LogP contribution in [0.1, 0.15) is 37.8 Å². The molecule has 0 amide bonds. The van der Waals surface area contributed by atoms with Crippen LogP contribution in [0, 0.1) is 0 Å². The molecule has 0 heterocycles. The lowest BCUT2D eigenvalue weighted by atomic mass is 9.99. The minimum atomic E-state index is -1.02. The highest BCUT2D eigenvalue weighted by Crippen LogP contribution is 2.18. The van der Waals surface area contributed by atoms with Crippen molar-refractivity contribution in [2.45, 2.75) is 39.2 Å². The van der Waals surface area contributed by atoms with Crippen LogP contribution in [0.3, 0.4) is 0 Å². The first-order valence-electron chi connectivity index (χ1n) is 7.11. The molecule has 0 aromatic heterocycles. The van der Waals surface area contributed by atoms with E-state index in [-0.39, 0.29) is 6.61 Å². The molecule has 4 nitrogen and oxygen atoms in total. The van der Waals surface area contributed by atoms with Crippen LogP contribution in [-0.2, 0) is 16.0 Å². The van der Waals surface area contributed by atoms with Crippen LogP contribution in [-0.4, -0.2) is 35.5 Å². The molecule has 0 aliphatic rings. The van der Waals surface area contributed by atoms with Gasteiger partial charge in [0.15, 0.2) is 0 Å². The van der Waals surface area contributed by atoms with E-state index in [0.29, 0.717) is 0 Å². The largest absolute Gasteiger partial charge is 0.462 e. The van der Waals surface area contributed by atoms with Gasteiger partial charge in [0, 0.05) is 0 Å². The summed E-state index contributed by atoms with van der Waals surface area (Å²) in [5, 5.41) is 17.8. The normalized spacial score (nSPS) is 13.4. The fraction of sp³-hybridized carbons (Fsp3) is 0.471. The van der Waals surface area contributed by atoms with E-state index in [9.17, 15) is 4.79 Å². The zero-order valence-corrected chi connectivity index (χ0v) is 12.9. The Bertz CT molecular complexity index is 472. The lowest BCUT2D eigenvalue weighted by Crippen LogP contribution is -2.24. The minimum absolute atomic E-state index is 0.182. The van der Waals surface area contributed by atoms with E-state index in [4.69, 9.17) is 14.9 Å². The van der Waals surface area contributed by atoms with E-state index in [1.165, 1.54) is 11.1 Å². The van der Waals surface area contributed by atoms with Crippen LogP contribution in [0.25, 0.3) is 0 Å². The van der Waals surface area contributed by atoms with Crippen molar-refractivity contribution in [3.8, 4) is 0 Å². The molecule has 1 rings (SSSR count). The van der Waals surface area contributed by atoms with Gasteiger partial charge in [-0.3, -0.25) is 4.79 Å². The first kappa shape index (κ1) is 17.4. The van der Waals surface area contributed by atoms with Crippen LogP contribution in [0.2, 0.25) is 0 Å². The molecular weight excluding hydrogens is 268 g/mol. The van der Waals surface area contributed by atoms with Crippen molar-refractivity contribution in [2.75, 3.05) is 13.2 Å². The number of hydrogen-bond donors (Lipinski definition) is 2. The number of esters is 1. The Hall–Kier alpha value is -1.65. The van der Waals surface area contributed by atoms with Crippen molar-refractivity contribution in [3.63, 3.8) is 0 Å². The Morgan fingerprint density at radius 1 is 1.29 bits per heavy atom. The monoisotopic (exact) mass is 292 g/mol. The number of benzene rings is 1. The summed E-state index contributed by atoms with van der Waals surface area (Å²) in [4.78, 5) is 11.8. The lowest BCUT2D eigenvalue weighted by Gasteiger charge is -2.14. The Labute approximate surface area is 126 Å². The van der Waals surface area contributed by atoms with E-state index < -0.39 is 24.6 Å². The quantitative estimate of drug-likeness (QED) is 0.597. The van der Waals surface area contributed by atoms with Crippen molar-refractivity contribution in [1.82, 2.24) is 0 Å². The molecule has 0 bridgehead atoms. The molecule has 0 aliphatic heterocycles. The van der Waals surface area contributed by atoms with Gasteiger partial charge in [-0.05, 0) is 38.3 Å². The zero-order chi connectivity index (χ0) is 15.8. The molecule has 0 saturated heterocycles. The van der Waals surface area contributed by atoms with Gasteiger partial charge < -0.3 is 14.9 Å². The maximum absolute atomic E-state index is 11.8. The second-order valence-electron chi connectivity index (χ2n) is 5.42. The molecule has 0 aliphatic carbocycles. The fourth-order valence-electron chi connectivity index (χ4n) is 1.76. The van der Waals surface area contributed by atoms with Crippen molar-refractivity contribution in [2.24, 2.45) is 0 Å². The average molecular weight is 292 g/mol. The second-order valence-corrected chi connectivity index (χ2v) is 5.42. The topological polar surface area (TPSA) is 66.8 Å². The zero-order valence-electron chi connectivity index (χ0n) is 12.9. The van der Waals surface area contributed by atoms with Gasteiger partial charge in [0.05, 0.1) is 12.5 Å². The van der Waals surface area contributed by atoms with Gasteiger partial charge in [-0.1, -0.05) is 35.9 Å². The first-order chi connectivity index (χ1) is 9.93. The van der Waals surface area contributed by atoms with E-state index in [2.05, 4.69) is 19.9 Å². The Balaban J connectivity index is 2.60. The number of ether oxygens (including phenoxy) is 1. The number of hydrogen-bond acceptors (Lipinski definition) is 4. The van der Waals surface area contributed by atoms with E-state index >= 15 is 0 Å². The van der Waals surface area contributed by atoms with Crippen LogP contribution >= 0.6 is 0 Å². The van der Waals surface area contributed by atoms with Crippen molar-refractivity contribution in [3.05, 3.63) is 47.0 Å². The summed E-state index contributed by atoms with van der Waals surface area (Å²) in [6.45, 7) is 5.29. The maximum Gasteiger partial charge on any atom is 0.313 e. The second kappa shape index (κ2) is 8.60. The maximum atomic E-state index is 11.8. The number of aliphatic hydroxyl groups is 2. The summed E-state index contributed by atoms with van der Waals surface area (Å²) in [6, 6.07) is 7.84. The molecule has 2 N–H and O–H groups in total. The molecule has 116 valence electrons. The smallest absolute Gasteiger partial charge is 0.313 e. The fourth-order valence-corrected chi connectivity index (χ4v) is 1.76. The highest BCUT2D eigenvalue weighted by Gasteiger charge is 2.17. The minimum Gasteiger partial charge on any atom is -0.462 e. The predicted molar refractivity (Wildman–Crippen MR) is 82.0 cm³/mol. The summed E-state index contributed by atoms with van der Waals surface area (Å²) in [7, 11) is 0. The van der Waals surface area contributed by atoms with Crippen LogP contribution in [0.5, 0.6) is 0 Å². The first-order valence-corrected chi connectivity index (χ1v) is 7.11. The predicted octanol–water partition coefficient (Wildman–Crippen LogP) is 2.20. The molecule has 21 heavy (non-hydrogen) atoms. The molecular formula is C17H24O4. The van der Waals surface area contributed by atoms with Crippen molar-refractivity contribution < 1.29 is 19.7 Å². The number of carbonyl (C=O) groups is 1. The third-order valence-corrected chi connectivity index (χ3v) is 3.21. The molecule has 0 saturated carbocycles. The van der Waals surface area contributed by atoms with Gasteiger partial charge >= 0.3 is 5.97 Å². The summed E-state index contributed by atoms with van der Waals surface area (Å²) < 4.78 is 4.96. The number of carbonyl (C=O) groups excluding carboxylic acids is 1. The highest BCUT2D eigenvalue weighted by atomic mass is 16.5. The molecule has 2 unspecified atom stereocenters. The van der Waals surface area contributed by atoms with Gasteiger partial charge in [-0.25, -0.2) is 0 Å². The standard InChI is InChI=1S/C17H24O4/c1-12(2)4-5-14-6-8-15(9-7-14)13(3)17(20)21-11-16(19)10-18/h4,6-9,13,16,18-19H,5,10-11H2,1-3H3. The third kappa shape index (κ3) is 6.10. The van der Waals surface area contributed by atoms with Gasteiger partial charge in [0.1, 0.15) is 12.7 Å². The third-order valence-electron chi connectivity index (χ3n) is 3.21. The van der Waals surface area contributed by atoms with Crippen LogP contribution in [0.15, 0.2) is 35.9 Å². The SMILES string of the molecule is CC(C)=CCc1ccc(C(C)C(=O)OCC(O)CO)cc1. The van der Waals surface area contributed by atoms with Gasteiger partial charge in [0.2, 0.25) is 0 Å². The summed E-state index contributed by atoms with van der Waals surface area (Å²) in [5.41, 5.74) is 3.34. The molecule has 1 aromatic carbocycles. The Morgan fingerprint density at radius 3 is 2.43 bits per heavy atom. The molecule has 0 radical (unpaired) electrons. The van der Waals surface area contributed by atoms with Gasteiger partial charge in [-0.15, -0.1) is 0 Å². The molecule has 1 aromatic rings. The summed E-state index contributed by atoms with van der Waals surface area (Å²) in [5.74, 6) is -0.798. The molecule has 0 spiro atoms. The molecule has 4 heteroatoms. The van der Waals surface area contributed by atoms with Crippen LogP contribution < -0.4 is 0 Å². The average Bonchev–Trinajstić information content (AvgIpc) is 2.49. The van der Waals surface area contributed by atoms with Crippen molar-refractivity contribution in [1.29, 1.82) is 0 Å². The Kier molecular flexibility index (Phi) is 7.12. The van der Waals surface area contributed by atoms with Gasteiger partial charge in [-0.2, -0.15) is 0 Å².